The Morgan fingerprint density at radius 3 is 1.03 bits per heavy atom. The first-order valence-corrected chi connectivity index (χ1v) is 25.6. The molecule has 0 bridgehead atoms. The molecule has 6 nitrogen and oxygen atoms in total. The molecule has 0 aromatic carbocycles. The Morgan fingerprint density at radius 2 is 0.645 bits per heavy atom. The fraction of sp³-hybridized carbons (Fsp3) is 0.696. The van der Waals surface area contributed by atoms with E-state index in [9.17, 15) is 14.4 Å². The van der Waals surface area contributed by atoms with Gasteiger partial charge in [-0.2, -0.15) is 0 Å². The summed E-state index contributed by atoms with van der Waals surface area (Å²) in [5.41, 5.74) is 0. The SMILES string of the molecule is CC/C=C\C/C=C\C/C=C\CCCCCCCC(=O)OC[C@@H](COC(=O)CCCCCCC/C=C\C/C=C\CCCC)OC(=O)CCCCCCC/C=C\C/C=C\CCCCC. The predicted molar refractivity (Wildman–Crippen MR) is 265 cm³/mol. The van der Waals surface area contributed by atoms with Gasteiger partial charge in [0.25, 0.3) is 0 Å². The van der Waals surface area contributed by atoms with Crippen LogP contribution in [0.15, 0.2) is 85.1 Å². The smallest absolute Gasteiger partial charge is 0.306 e. The Kier molecular flexibility index (Phi) is 47.5. The maximum absolute atomic E-state index is 12.8. The standard InChI is InChI=1S/C56H94O6/c1-4-7-10-13-16-19-22-25-28-31-34-37-40-43-46-49-55(58)61-52-53(51-60-54(57)48-45-42-39-36-33-30-27-24-21-18-15-12-9-6-3)62-56(59)50-47-44-41-38-35-32-29-26-23-20-17-14-11-8-5-2/h7,10,15-20,24-29,53H,4-6,8-9,11-14,21-23,30-52H2,1-3H3/b10-7-,18-15-,19-16-,20-17-,27-24-,28-25-,29-26-/t53-/m1/s1. The average Bonchev–Trinajstić information content (AvgIpc) is 3.27. The maximum atomic E-state index is 12.8. The number of rotatable bonds is 45. The zero-order valence-corrected chi connectivity index (χ0v) is 40.4. The lowest BCUT2D eigenvalue weighted by atomic mass is 10.1. The molecular formula is C56H94O6. The van der Waals surface area contributed by atoms with Crippen molar-refractivity contribution in [1.82, 2.24) is 0 Å². The summed E-state index contributed by atoms with van der Waals surface area (Å²) in [5.74, 6) is -0.942. The number of carbonyl (C=O) groups is 3. The van der Waals surface area contributed by atoms with Crippen molar-refractivity contribution in [2.24, 2.45) is 0 Å². The molecule has 0 saturated carbocycles. The van der Waals surface area contributed by atoms with Gasteiger partial charge in [-0.25, -0.2) is 0 Å². The second-order valence-electron chi connectivity index (χ2n) is 16.7. The average molecular weight is 863 g/mol. The van der Waals surface area contributed by atoms with Gasteiger partial charge < -0.3 is 14.2 Å². The third-order valence-corrected chi connectivity index (χ3v) is 10.6. The van der Waals surface area contributed by atoms with Crippen LogP contribution in [0.4, 0.5) is 0 Å². The Hall–Kier alpha value is -3.41. The highest BCUT2D eigenvalue weighted by molar-refractivity contribution is 5.71. The third kappa shape index (κ3) is 47.6. The van der Waals surface area contributed by atoms with E-state index < -0.39 is 6.10 Å². The molecule has 0 saturated heterocycles. The highest BCUT2D eigenvalue weighted by atomic mass is 16.6. The fourth-order valence-corrected chi connectivity index (χ4v) is 6.74. The molecule has 0 amide bonds. The van der Waals surface area contributed by atoms with Crippen LogP contribution < -0.4 is 0 Å². The van der Waals surface area contributed by atoms with E-state index in [4.69, 9.17) is 14.2 Å². The van der Waals surface area contributed by atoms with E-state index in [0.717, 1.165) is 148 Å². The zero-order valence-electron chi connectivity index (χ0n) is 40.4. The maximum Gasteiger partial charge on any atom is 0.306 e. The number of hydrogen-bond donors (Lipinski definition) is 0. The summed E-state index contributed by atoms with van der Waals surface area (Å²) in [6.45, 7) is 6.41. The number of unbranched alkanes of at least 4 members (excludes halogenated alkanes) is 20. The van der Waals surface area contributed by atoms with E-state index in [0.29, 0.717) is 19.3 Å². The minimum atomic E-state index is -0.797. The van der Waals surface area contributed by atoms with Gasteiger partial charge in [0.15, 0.2) is 6.10 Å². The number of hydrogen-bond acceptors (Lipinski definition) is 6. The molecule has 0 aliphatic heterocycles. The number of allylic oxidation sites excluding steroid dienone is 14. The van der Waals surface area contributed by atoms with Crippen LogP contribution in [-0.4, -0.2) is 37.2 Å². The number of ether oxygens (including phenoxy) is 3. The van der Waals surface area contributed by atoms with Gasteiger partial charge in [-0.1, -0.05) is 189 Å². The monoisotopic (exact) mass is 863 g/mol. The molecule has 0 unspecified atom stereocenters. The molecule has 0 aliphatic carbocycles. The summed E-state index contributed by atoms with van der Waals surface area (Å²) in [7, 11) is 0. The Balaban J connectivity index is 4.47. The van der Waals surface area contributed by atoms with Crippen molar-refractivity contribution >= 4 is 17.9 Å². The minimum absolute atomic E-state index is 0.0960. The van der Waals surface area contributed by atoms with Gasteiger partial charge in [-0.05, 0) is 109 Å². The lowest BCUT2D eigenvalue weighted by molar-refractivity contribution is -0.167. The second kappa shape index (κ2) is 50.2. The van der Waals surface area contributed by atoms with Crippen LogP contribution in [0.2, 0.25) is 0 Å². The number of esters is 3. The molecule has 0 N–H and O–H groups in total. The summed E-state index contributed by atoms with van der Waals surface area (Å²) in [6.07, 6.45) is 64.1. The first-order valence-electron chi connectivity index (χ1n) is 25.6. The molecule has 0 spiro atoms. The Bertz CT molecular complexity index is 1220. The molecule has 0 aliphatic rings. The van der Waals surface area contributed by atoms with Crippen LogP contribution in [0.1, 0.15) is 233 Å². The van der Waals surface area contributed by atoms with Gasteiger partial charge in [0.05, 0.1) is 0 Å². The summed E-state index contributed by atoms with van der Waals surface area (Å²) in [4.78, 5) is 38.0. The van der Waals surface area contributed by atoms with E-state index in [1.807, 2.05) is 0 Å². The van der Waals surface area contributed by atoms with E-state index in [1.54, 1.807) is 0 Å². The van der Waals surface area contributed by atoms with Crippen molar-refractivity contribution in [2.45, 2.75) is 239 Å². The van der Waals surface area contributed by atoms with Crippen LogP contribution >= 0.6 is 0 Å². The molecule has 0 fully saturated rings. The Morgan fingerprint density at radius 1 is 0.339 bits per heavy atom. The van der Waals surface area contributed by atoms with Gasteiger partial charge >= 0.3 is 17.9 Å². The molecule has 62 heavy (non-hydrogen) atoms. The van der Waals surface area contributed by atoms with Crippen LogP contribution in [0, 0.1) is 0 Å². The minimum Gasteiger partial charge on any atom is -0.462 e. The summed E-state index contributed by atoms with van der Waals surface area (Å²) < 4.78 is 16.8. The van der Waals surface area contributed by atoms with Crippen molar-refractivity contribution in [1.29, 1.82) is 0 Å². The quantitative estimate of drug-likeness (QED) is 0.0263. The van der Waals surface area contributed by atoms with Gasteiger partial charge in [-0.3, -0.25) is 14.4 Å². The lowest BCUT2D eigenvalue weighted by Gasteiger charge is -2.18. The van der Waals surface area contributed by atoms with Gasteiger partial charge in [-0.15, -0.1) is 0 Å². The predicted octanol–water partition coefficient (Wildman–Crippen LogP) is 16.8. The van der Waals surface area contributed by atoms with E-state index in [1.165, 1.54) is 44.9 Å². The Labute approximate surface area is 382 Å². The molecule has 6 heteroatoms. The first kappa shape index (κ1) is 58.6. The molecular weight excluding hydrogens is 769 g/mol. The van der Waals surface area contributed by atoms with E-state index >= 15 is 0 Å². The van der Waals surface area contributed by atoms with Crippen LogP contribution in [0.3, 0.4) is 0 Å². The molecule has 0 aromatic heterocycles. The molecule has 354 valence electrons. The van der Waals surface area contributed by atoms with Gasteiger partial charge in [0, 0.05) is 19.3 Å². The zero-order chi connectivity index (χ0) is 45.1. The highest BCUT2D eigenvalue weighted by Gasteiger charge is 2.19. The molecule has 0 heterocycles. The first-order chi connectivity index (χ1) is 30.5. The molecule has 1 atom stereocenters. The van der Waals surface area contributed by atoms with E-state index in [-0.39, 0.29) is 31.1 Å². The van der Waals surface area contributed by atoms with Crippen LogP contribution in [-0.2, 0) is 28.6 Å². The summed E-state index contributed by atoms with van der Waals surface area (Å²) in [5, 5.41) is 0. The lowest BCUT2D eigenvalue weighted by Crippen LogP contribution is -2.30. The summed E-state index contributed by atoms with van der Waals surface area (Å²) >= 11 is 0. The molecule has 0 radical (unpaired) electrons. The normalized spacial score (nSPS) is 12.8. The van der Waals surface area contributed by atoms with Crippen molar-refractivity contribution < 1.29 is 28.6 Å². The topological polar surface area (TPSA) is 78.9 Å². The number of carbonyl (C=O) groups excluding carboxylic acids is 3. The highest BCUT2D eigenvalue weighted by Crippen LogP contribution is 2.13. The van der Waals surface area contributed by atoms with Gasteiger partial charge in [0.2, 0.25) is 0 Å². The van der Waals surface area contributed by atoms with Crippen molar-refractivity contribution in [2.75, 3.05) is 13.2 Å². The largest absolute Gasteiger partial charge is 0.462 e. The van der Waals surface area contributed by atoms with Crippen molar-refractivity contribution in [3.63, 3.8) is 0 Å². The van der Waals surface area contributed by atoms with Crippen LogP contribution in [0.5, 0.6) is 0 Å². The second-order valence-corrected chi connectivity index (χ2v) is 16.7. The van der Waals surface area contributed by atoms with Gasteiger partial charge in [0.1, 0.15) is 13.2 Å². The molecule has 0 rings (SSSR count). The third-order valence-electron chi connectivity index (χ3n) is 10.6. The molecule has 0 aromatic rings. The fourth-order valence-electron chi connectivity index (χ4n) is 6.74. The van der Waals surface area contributed by atoms with Crippen molar-refractivity contribution in [3.8, 4) is 0 Å². The van der Waals surface area contributed by atoms with Crippen LogP contribution in [0.25, 0.3) is 0 Å². The van der Waals surface area contributed by atoms with E-state index in [2.05, 4.69) is 106 Å². The van der Waals surface area contributed by atoms with Crippen molar-refractivity contribution in [3.05, 3.63) is 85.1 Å². The summed E-state index contributed by atoms with van der Waals surface area (Å²) in [6, 6.07) is 0.